The fourth-order valence-corrected chi connectivity index (χ4v) is 6.60. The summed E-state index contributed by atoms with van der Waals surface area (Å²) in [7, 11) is 1.77. The molecule has 0 unspecified atom stereocenters. The summed E-state index contributed by atoms with van der Waals surface area (Å²) in [5.41, 5.74) is 1.79. The zero-order valence-electron chi connectivity index (χ0n) is 22.2. The van der Waals surface area contributed by atoms with Gasteiger partial charge in [0, 0.05) is 26.3 Å². The summed E-state index contributed by atoms with van der Waals surface area (Å²) in [6, 6.07) is 14.7. The topological polar surface area (TPSA) is 84.9 Å². The van der Waals surface area contributed by atoms with Gasteiger partial charge in [-0.2, -0.15) is 0 Å². The molecule has 0 atom stereocenters. The monoisotopic (exact) mass is 572 g/mol. The Hall–Kier alpha value is -3.96. The van der Waals surface area contributed by atoms with Gasteiger partial charge in [-0.1, -0.05) is 61.1 Å². The highest BCUT2D eigenvalue weighted by atomic mass is 32.2. The number of hydrogen-bond donors (Lipinski definition) is 0. The number of carbonyl (C=O) groups is 1. The van der Waals surface area contributed by atoms with Gasteiger partial charge in [0.25, 0.3) is 17.0 Å². The van der Waals surface area contributed by atoms with Crippen LogP contribution in [0.2, 0.25) is 0 Å². The minimum atomic E-state index is -0.430. The number of benzene rings is 1. The third-order valence-electron chi connectivity index (χ3n) is 7.47. The van der Waals surface area contributed by atoms with Crippen molar-refractivity contribution in [2.45, 2.75) is 32.6 Å². The standard InChI is InChI=1S/C29H28N6O3S2/c1-19-24(28(38)35(31(19)2)20-12-6-5-7-13-20)34-27(37)22(40-29(34)39)18-21-25(32-15-9-3-4-10-16-32)30-23-14-8-11-17-33(23)26(21)36/h5-8,11-14,17-18H,3-4,9-10,15-16H2,1-2H3. The zero-order valence-corrected chi connectivity index (χ0v) is 23.9. The SMILES string of the molecule is Cc1c(N2C(=O)C(=Cc3c(N4CCCCCC4)nc4ccccn4c3=O)SC2=S)c(=O)n(-c2ccccc2)n1C. The van der Waals surface area contributed by atoms with E-state index in [9.17, 15) is 14.4 Å². The molecule has 1 aromatic carbocycles. The summed E-state index contributed by atoms with van der Waals surface area (Å²) in [5, 5.41) is 0. The zero-order chi connectivity index (χ0) is 28.0. The summed E-state index contributed by atoms with van der Waals surface area (Å²) in [6.45, 7) is 3.37. The smallest absolute Gasteiger partial charge is 0.296 e. The lowest BCUT2D eigenvalue weighted by Crippen LogP contribution is -2.33. The molecular weight excluding hydrogens is 544 g/mol. The number of anilines is 2. The van der Waals surface area contributed by atoms with Crippen molar-refractivity contribution in [3.63, 3.8) is 0 Å². The molecule has 9 nitrogen and oxygen atoms in total. The van der Waals surface area contributed by atoms with E-state index in [1.54, 1.807) is 37.0 Å². The Morgan fingerprint density at radius 2 is 1.62 bits per heavy atom. The molecule has 40 heavy (non-hydrogen) atoms. The number of thioether (sulfide) groups is 1. The van der Waals surface area contributed by atoms with Crippen molar-refractivity contribution in [2.24, 2.45) is 7.05 Å². The number of hydrogen-bond acceptors (Lipinski definition) is 7. The van der Waals surface area contributed by atoms with Crippen molar-refractivity contribution < 1.29 is 4.79 Å². The lowest BCUT2D eigenvalue weighted by atomic mass is 10.2. The van der Waals surface area contributed by atoms with Crippen molar-refractivity contribution in [1.82, 2.24) is 18.7 Å². The van der Waals surface area contributed by atoms with Crippen LogP contribution in [0.1, 0.15) is 36.9 Å². The molecule has 2 aliphatic rings. The highest BCUT2D eigenvalue weighted by molar-refractivity contribution is 8.27. The molecule has 0 N–H and O–H groups in total. The molecule has 0 spiro atoms. The van der Waals surface area contributed by atoms with Gasteiger partial charge >= 0.3 is 0 Å². The van der Waals surface area contributed by atoms with Crippen LogP contribution in [0.3, 0.4) is 0 Å². The van der Waals surface area contributed by atoms with E-state index in [4.69, 9.17) is 17.2 Å². The molecule has 4 aromatic rings. The van der Waals surface area contributed by atoms with Crippen LogP contribution in [-0.4, -0.2) is 42.1 Å². The average Bonchev–Trinajstić information content (AvgIpc) is 3.20. The molecule has 2 aliphatic heterocycles. The maximum absolute atomic E-state index is 13.8. The third-order valence-corrected chi connectivity index (χ3v) is 8.77. The van der Waals surface area contributed by atoms with Gasteiger partial charge in [-0.05, 0) is 50.1 Å². The molecule has 0 aliphatic carbocycles. The summed E-state index contributed by atoms with van der Waals surface area (Å²) in [4.78, 5) is 49.8. The van der Waals surface area contributed by atoms with Crippen molar-refractivity contribution in [1.29, 1.82) is 0 Å². The van der Waals surface area contributed by atoms with Gasteiger partial charge in [-0.3, -0.25) is 28.4 Å². The molecule has 5 heterocycles. The van der Waals surface area contributed by atoms with E-state index in [-0.39, 0.29) is 26.0 Å². The quantitative estimate of drug-likeness (QED) is 0.267. The Kier molecular flexibility index (Phi) is 6.93. The molecule has 2 saturated heterocycles. The van der Waals surface area contributed by atoms with Crippen molar-refractivity contribution in [3.05, 3.63) is 91.6 Å². The minimum absolute atomic E-state index is 0.207. The number of nitrogens with zero attached hydrogens (tertiary/aromatic N) is 6. The molecule has 0 saturated carbocycles. The summed E-state index contributed by atoms with van der Waals surface area (Å²) < 4.78 is 4.97. The van der Waals surface area contributed by atoms with Crippen LogP contribution in [0, 0.1) is 6.92 Å². The van der Waals surface area contributed by atoms with E-state index >= 15 is 0 Å². The Morgan fingerprint density at radius 1 is 0.925 bits per heavy atom. The molecule has 6 rings (SSSR count). The first kappa shape index (κ1) is 26.3. The minimum Gasteiger partial charge on any atom is -0.356 e. The Morgan fingerprint density at radius 3 is 2.35 bits per heavy atom. The molecular formula is C29H28N6O3S2. The van der Waals surface area contributed by atoms with E-state index in [0.29, 0.717) is 28.4 Å². The van der Waals surface area contributed by atoms with E-state index in [1.165, 1.54) is 14.0 Å². The maximum atomic E-state index is 13.8. The van der Waals surface area contributed by atoms with Gasteiger partial charge in [0.2, 0.25) is 0 Å². The fraction of sp³-hybridized carbons (Fsp3) is 0.276. The van der Waals surface area contributed by atoms with Crippen molar-refractivity contribution in [3.8, 4) is 5.69 Å². The first-order chi connectivity index (χ1) is 19.4. The van der Waals surface area contributed by atoms with E-state index in [2.05, 4.69) is 4.90 Å². The third kappa shape index (κ3) is 4.39. The van der Waals surface area contributed by atoms with Crippen molar-refractivity contribution >= 4 is 57.4 Å². The van der Waals surface area contributed by atoms with Crippen LogP contribution in [0.15, 0.2) is 69.2 Å². The second-order valence-electron chi connectivity index (χ2n) is 9.91. The van der Waals surface area contributed by atoms with E-state index in [1.807, 2.05) is 42.5 Å². The summed E-state index contributed by atoms with van der Waals surface area (Å²) in [6.07, 6.45) is 7.57. The van der Waals surface area contributed by atoms with E-state index in [0.717, 1.165) is 50.5 Å². The summed E-state index contributed by atoms with van der Waals surface area (Å²) >= 11 is 6.72. The van der Waals surface area contributed by atoms with Gasteiger partial charge in [0.05, 0.1) is 21.8 Å². The second kappa shape index (κ2) is 10.5. The van der Waals surface area contributed by atoms with Gasteiger partial charge in [-0.15, -0.1) is 0 Å². The maximum Gasteiger partial charge on any atom is 0.296 e. The lowest BCUT2D eigenvalue weighted by Gasteiger charge is -2.23. The fourth-order valence-electron chi connectivity index (χ4n) is 5.34. The highest BCUT2D eigenvalue weighted by Crippen LogP contribution is 2.37. The molecule has 0 radical (unpaired) electrons. The van der Waals surface area contributed by atoms with Gasteiger partial charge < -0.3 is 4.90 Å². The number of rotatable bonds is 4. The normalized spacial score (nSPS) is 17.3. The average molecular weight is 573 g/mol. The molecule has 204 valence electrons. The number of pyridine rings is 1. The molecule has 0 bridgehead atoms. The first-order valence-corrected chi connectivity index (χ1v) is 14.5. The number of thiocarbonyl (C=S) groups is 1. The number of aromatic nitrogens is 4. The van der Waals surface area contributed by atoms with Gasteiger partial charge in [0.1, 0.15) is 17.2 Å². The Bertz CT molecular complexity index is 1800. The highest BCUT2D eigenvalue weighted by Gasteiger charge is 2.38. The van der Waals surface area contributed by atoms with Crippen LogP contribution in [-0.2, 0) is 11.8 Å². The van der Waals surface area contributed by atoms with E-state index < -0.39 is 5.91 Å². The molecule has 2 fully saturated rings. The first-order valence-electron chi connectivity index (χ1n) is 13.2. The molecule has 1 amide bonds. The lowest BCUT2D eigenvalue weighted by molar-refractivity contribution is -0.113. The van der Waals surface area contributed by atoms with Gasteiger partial charge in [-0.25, -0.2) is 9.67 Å². The van der Waals surface area contributed by atoms with Crippen LogP contribution in [0.25, 0.3) is 17.4 Å². The van der Waals surface area contributed by atoms with Gasteiger partial charge in [0.15, 0.2) is 4.32 Å². The van der Waals surface area contributed by atoms with Crippen LogP contribution in [0.4, 0.5) is 11.5 Å². The number of carbonyl (C=O) groups excluding carboxylic acids is 1. The predicted molar refractivity (Wildman–Crippen MR) is 164 cm³/mol. The predicted octanol–water partition coefficient (Wildman–Crippen LogP) is 4.28. The number of fused-ring (bicyclic) bond motifs is 1. The number of para-hydroxylation sites is 1. The Balaban J connectivity index is 1.46. The summed E-state index contributed by atoms with van der Waals surface area (Å²) in [5.74, 6) is 0.145. The van der Waals surface area contributed by atoms with Crippen LogP contribution < -0.4 is 20.9 Å². The largest absolute Gasteiger partial charge is 0.356 e. The van der Waals surface area contributed by atoms with Crippen LogP contribution >= 0.6 is 24.0 Å². The Labute approximate surface area is 240 Å². The molecule has 11 heteroatoms. The van der Waals surface area contributed by atoms with Crippen molar-refractivity contribution in [2.75, 3.05) is 22.9 Å². The second-order valence-corrected chi connectivity index (χ2v) is 11.6. The number of amides is 1. The van der Waals surface area contributed by atoms with Crippen LogP contribution in [0.5, 0.6) is 0 Å². The molecule has 3 aromatic heterocycles.